The molecular weight excluding hydrogens is 270 g/mol. The van der Waals surface area contributed by atoms with Gasteiger partial charge in [0.15, 0.2) is 0 Å². The Bertz CT molecular complexity index is 619. The van der Waals surface area contributed by atoms with Crippen molar-refractivity contribution in [1.29, 1.82) is 0 Å². The Kier molecular flexibility index (Phi) is 3.89. The number of benzene rings is 1. The molecule has 4 N–H and O–H groups in total. The van der Waals surface area contributed by atoms with Crippen LogP contribution in [0.25, 0.3) is 0 Å². The zero-order chi connectivity index (χ0) is 13.3. The number of hydrogen-bond acceptors (Lipinski definition) is 5. The summed E-state index contributed by atoms with van der Waals surface area (Å²) in [5.41, 5.74) is 0.113. The van der Waals surface area contributed by atoms with Crippen molar-refractivity contribution in [3.63, 3.8) is 0 Å². The molecule has 7 nitrogen and oxygen atoms in total. The van der Waals surface area contributed by atoms with Gasteiger partial charge in [-0.3, -0.25) is 4.55 Å². The lowest BCUT2D eigenvalue weighted by Gasteiger charge is -2.07. The normalized spacial score (nSPS) is 12.6. The Morgan fingerprint density at radius 1 is 1.18 bits per heavy atom. The first-order valence-corrected chi connectivity index (χ1v) is 7.39. The van der Waals surface area contributed by atoms with Crippen LogP contribution < -0.4 is 5.14 Å². The maximum absolute atomic E-state index is 11.0. The van der Waals surface area contributed by atoms with Crippen LogP contribution >= 0.6 is 0 Å². The van der Waals surface area contributed by atoms with E-state index in [1.165, 1.54) is 6.07 Å². The summed E-state index contributed by atoms with van der Waals surface area (Å²) in [4.78, 5) is -0.995. The van der Waals surface area contributed by atoms with Gasteiger partial charge in [-0.1, -0.05) is 6.07 Å². The molecule has 0 heterocycles. The van der Waals surface area contributed by atoms with Crippen LogP contribution in [0.4, 0.5) is 0 Å². The van der Waals surface area contributed by atoms with Gasteiger partial charge in [0.2, 0.25) is 10.0 Å². The molecule has 0 bridgehead atoms. The highest BCUT2D eigenvalue weighted by molar-refractivity contribution is 7.89. The molecular formula is C8H11NO6S2. The second kappa shape index (κ2) is 4.70. The van der Waals surface area contributed by atoms with E-state index in [4.69, 9.17) is 14.8 Å². The van der Waals surface area contributed by atoms with Crippen LogP contribution in [0.1, 0.15) is 5.56 Å². The Hall–Kier alpha value is -1.00. The Balaban J connectivity index is 3.51. The van der Waals surface area contributed by atoms with Crippen LogP contribution in [0.5, 0.6) is 0 Å². The van der Waals surface area contributed by atoms with Crippen LogP contribution in [0.2, 0.25) is 0 Å². The topological polar surface area (TPSA) is 135 Å². The van der Waals surface area contributed by atoms with Crippen LogP contribution in [0, 0.1) is 0 Å². The van der Waals surface area contributed by atoms with E-state index in [-0.39, 0.29) is 18.6 Å². The first-order chi connectivity index (χ1) is 7.66. The fourth-order valence-electron chi connectivity index (χ4n) is 1.28. The number of nitrogens with two attached hydrogens (primary N) is 1. The lowest BCUT2D eigenvalue weighted by atomic mass is 10.2. The van der Waals surface area contributed by atoms with Gasteiger partial charge in [0.25, 0.3) is 10.1 Å². The number of aliphatic hydroxyl groups is 1. The van der Waals surface area contributed by atoms with E-state index in [2.05, 4.69) is 0 Å². The average molecular weight is 281 g/mol. The minimum Gasteiger partial charge on any atom is -0.396 e. The zero-order valence-corrected chi connectivity index (χ0v) is 10.2. The highest BCUT2D eigenvalue weighted by Crippen LogP contribution is 2.20. The van der Waals surface area contributed by atoms with Crippen molar-refractivity contribution in [3.05, 3.63) is 23.8 Å². The molecule has 0 saturated carbocycles. The van der Waals surface area contributed by atoms with Gasteiger partial charge in [-0.15, -0.1) is 0 Å². The molecule has 0 fully saturated rings. The van der Waals surface area contributed by atoms with Crippen molar-refractivity contribution in [1.82, 2.24) is 0 Å². The molecule has 0 unspecified atom stereocenters. The van der Waals surface area contributed by atoms with E-state index in [1.807, 2.05) is 0 Å². The van der Waals surface area contributed by atoms with E-state index >= 15 is 0 Å². The Morgan fingerprint density at radius 3 is 2.18 bits per heavy atom. The van der Waals surface area contributed by atoms with Crippen molar-refractivity contribution in [2.75, 3.05) is 6.61 Å². The van der Waals surface area contributed by atoms with Gasteiger partial charge in [0, 0.05) is 6.61 Å². The molecule has 0 atom stereocenters. The van der Waals surface area contributed by atoms with Gasteiger partial charge >= 0.3 is 0 Å². The smallest absolute Gasteiger partial charge is 0.294 e. The molecule has 17 heavy (non-hydrogen) atoms. The molecule has 1 aromatic carbocycles. The summed E-state index contributed by atoms with van der Waals surface area (Å²) in [5, 5.41) is 13.6. The summed E-state index contributed by atoms with van der Waals surface area (Å²) < 4.78 is 53.1. The highest BCUT2D eigenvalue weighted by atomic mass is 32.2. The zero-order valence-electron chi connectivity index (χ0n) is 8.57. The maximum atomic E-state index is 11.0. The predicted octanol–water partition coefficient (Wildman–Crippen LogP) is -0.884. The largest absolute Gasteiger partial charge is 0.396 e. The first-order valence-electron chi connectivity index (χ1n) is 4.40. The minimum atomic E-state index is -4.57. The summed E-state index contributed by atoms with van der Waals surface area (Å²) in [5.74, 6) is 0. The SMILES string of the molecule is NS(=O)(=O)c1ccc(CCO)c(S(=O)(=O)O)c1. The highest BCUT2D eigenvalue weighted by Gasteiger charge is 2.19. The fraction of sp³-hybridized carbons (Fsp3) is 0.250. The molecule has 96 valence electrons. The molecule has 0 aliphatic rings. The summed E-state index contributed by atoms with van der Waals surface area (Å²) in [6.07, 6.45) is -0.0278. The Morgan fingerprint density at radius 2 is 1.76 bits per heavy atom. The van der Waals surface area contributed by atoms with Gasteiger partial charge in [-0.05, 0) is 24.1 Å². The summed E-state index contributed by atoms with van der Waals surface area (Å²) in [7, 11) is -8.62. The van der Waals surface area contributed by atoms with Crippen molar-refractivity contribution < 1.29 is 26.5 Å². The van der Waals surface area contributed by atoms with Crippen molar-refractivity contribution >= 4 is 20.1 Å². The minimum absolute atomic E-state index is 0.0278. The molecule has 1 rings (SSSR count). The Labute approximate surface area is 98.7 Å². The third-order valence-electron chi connectivity index (χ3n) is 2.03. The standard InChI is InChI=1S/C8H11NO6S2/c9-16(11,12)7-2-1-6(3-4-10)8(5-7)17(13,14)15/h1-2,5,10H,3-4H2,(H2,9,11,12)(H,13,14,15). The molecule has 0 aliphatic heterocycles. The molecule has 0 spiro atoms. The molecule has 0 aromatic heterocycles. The fourth-order valence-corrected chi connectivity index (χ4v) is 2.67. The van der Waals surface area contributed by atoms with Crippen LogP contribution in [0.3, 0.4) is 0 Å². The van der Waals surface area contributed by atoms with Crippen LogP contribution in [-0.2, 0) is 26.6 Å². The van der Waals surface area contributed by atoms with Gasteiger partial charge in [0.05, 0.1) is 9.79 Å². The van der Waals surface area contributed by atoms with E-state index in [0.29, 0.717) is 0 Å². The number of rotatable bonds is 4. The molecule has 0 amide bonds. The van der Waals surface area contributed by atoms with Gasteiger partial charge in [-0.2, -0.15) is 8.42 Å². The monoisotopic (exact) mass is 281 g/mol. The number of hydrogen-bond donors (Lipinski definition) is 3. The number of sulfonamides is 1. The van der Waals surface area contributed by atoms with Gasteiger partial charge < -0.3 is 5.11 Å². The number of aliphatic hydroxyl groups excluding tert-OH is 1. The summed E-state index contributed by atoms with van der Waals surface area (Å²) in [6.45, 7) is -0.336. The maximum Gasteiger partial charge on any atom is 0.294 e. The second-order valence-electron chi connectivity index (χ2n) is 3.26. The molecule has 1 aromatic rings. The average Bonchev–Trinajstić information content (AvgIpc) is 2.15. The van der Waals surface area contributed by atoms with Crippen LogP contribution in [-0.4, -0.2) is 33.1 Å². The van der Waals surface area contributed by atoms with E-state index in [1.54, 1.807) is 0 Å². The van der Waals surface area contributed by atoms with Crippen molar-refractivity contribution in [2.24, 2.45) is 5.14 Å². The van der Waals surface area contributed by atoms with E-state index < -0.39 is 29.9 Å². The lowest BCUT2D eigenvalue weighted by Crippen LogP contribution is -2.14. The molecule has 0 radical (unpaired) electrons. The molecule has 0 aliphatic carbocycles. The number of primary sulfonamides is 1. The van der Waals surface area contributed by atoms with Crippen LogP contribution in [0.15, 0.2) is 28.0 Å². The van der Waals surface area contributed by atoms with Crippen molar-refractivity contribution in [2.45, 2.75) is 16.2 Å². The van der Waals surface area contributed by atoms with Gasteiger partial charge in [0.1, 0.15) is 0 Å². The first kappa shape index (κ1) is 14.1. The van der Waals surface area contributed by atoms with Gasteiger partial charge in [-0.25, -0.2) is 13.6 Å². The summed E-state index contributed by atoms with van der Waals surface area (Å²) in [6, 6.07) is 3.05. The van der Waals surface area contributed by atoms with E-state index in [9.17, 15) is 16.8 Å². The van der Waals surface area contributed by atoms with Crippen molar-refractivity contribution in [3.8, 4) is 0 Å². The third-order valence-corrected chi connectivity index (χ3v) is 3.87. The van der Waals surface area contributed by atoms with E-state index in [0.717, 1.165) is 12.1 Å². The summed E-state index contributed by atoms with van der Waals surface area (Å²) >= 11 is 0. The quantitative estimate of drug-likeness (QED) is 0.613. The lowest BCUT2D eigenvalue weighted by molar-refractivity contribution is 0.298. The second-order valence-corrected chi connectivity index (χ2v) is 6.21. The predicted molar refractivity (Wildman–Crippen MR) is 58.4 cm³/mol. The molecule has 9 heteroatoms. The third kappa shape index (κ3) is 3.48. The molecule has 0 saturated heterocycles.